The molecule has 0 aromatic heterocycles. The molecule has 1 atom stereocenters. The topological polar surface area (TPSA) is 50.4 Å². The molecule has 0 saturated carbocycles. The first-order valence-electron chi connectivity index (χ1n) is 8.49. The molecule has 2 N–H and O–H groups in total. The van der Waals surface area contributed by atoms with Gasteiger partial charge in [-0.25, -0.2) is 0 Å². The number of carbonyl (C=O) groups is 1. The molecule has 0 radical (unpaired) electrons. The summed E-state index contributed by atoms with van der Waals surface area (Å²) in [5.41, 5.74) is 0.997. The molecule has 1 aliphatic heterocycles. The van der Waals surface area contributed by atoms with Crippen LogP contribution in [-0.4, -0.2) is 25.6 Å². The van der Waals surface area contributed by atoms with Gasteiger partial charge in [-0.1, -0.05) is 37.8 Å². The molecule has 4 heteroatoms. The van der Waals surface area contributed by atoms with Crippen molar-refractivity contribution in [3.05, 3.63) is 42.5 Å². The van der Waals surface area contributed by atoms with Gasteiger partial charge in [0.2, 0.25) is 5.91 Å². The number of piperidine rings is 1. The lowest BCUT2D eigenvalue weighted by atomic mass is 9.84. The van der Waals surface area contributed by atoms with E-state index in [0.29, 0.717) is 31.4 Å². The largest absolute Gasteiger partial charge is 0.489 e. The molecule has 1 aliphatic rings. The minimum atomic E-state index is 0.120. The molecular weight excluding hydrogens is 288 g/mol. The zero-order chi connectivity index (χ0) is 16.5. The zero-order valence-electron chi connectivity index (χ0n) is 14.0. The summed E-state index contributed by atoms with van der Waals surface area (Å²) in [5.74, 6) is 2.02. The summed E-state index contributed by atoms with van der Waals surface area (Å²) in [6.45, 7) is 8.97. The second-order valence-corrected chi connectivity index (χ2v) is 6.25. The van der Waals surface area contributed by atoms with Crippen LogP contribution >= 0.6 is 0 Å². The number of amides is 1. The molecule has 4 nitrogen and oxygen atoms in total. The quantitative estimate of drug-likeness (QED) is 0.725. The van der Waals surface area contributed by atoms with E-state index in [1.807, 2.05) is 24.3 Å². The highest BCUT2D eigenvalue weighted by atomic mass is 16.5. The van der Waals surface area contributed by atoms with E-state index in [9.17, 15) is 4.79 Å². The van der Waals surface area contributed by atoms with Gasteiger partial charge in [0.05, 0.1) is 0 Å². The van der Waals surface area contributed by atoms with Crippen molar-refractivity contribution in [2.75, 3.05) is 19.7 Å². The predicted octanol–water partition coefficient (Wildman–Crippen LogP) is 2.89. The summed E-state index contributed by atoms with van der Waals surface area (Å²) < 4.78 is 5.62. The van der Waals surface area contributed by atoms with Gasteiger partial charge in [0, 0.05) is 18.5 Å². The van der Waals surface area contributed by atoms with Gasteiger partial charge in [-0.2, -0.15) is 0 Å². The van der Waals surface area contributed by atoms with Gasteiger partial charge in [0.15, 0.2) is 0 Å². The number of para-hydroxylation sites is 1. The molecule has 1 saturated heterocycles. The maximum absolute atomic E-state index is 12.2. The molecule has 0 spiro atoms. The highest BCUT2D eigenvalue weighted by Gasteiger charge is 2.21. The Morgan fingerprint density at radius 3 is 2.91 bits per heavy atom. The van der Waals surface area contributed by atoms with Crippen LogP contribution in [0.3, 0.4) is 0 Å². The van der Waals surface area contributed by atoms with Gasteiger partial charge < -0.3 is 15.4 Å². The highest BCUT2D eigenvalue weighted by molar-refractivity contribution is 5.76. The SMILES string of the molecule is C=CCOc1ccccc1CNC(=O)CC(C)C1CCNCC1. The van der Waals surface area contributed by atoms with Crippen molar-refractivity contribution in [2.24, 2.45) is 11.8 Å². The maximum Gasteiger partial charge on any atom is 0.220 e. The number of carbonyl (C=O) groups excluding carboxylic acids is 1. The fourth-order valence-electron chi connectivity index (χ4n) is 3.08. The van der Waals surface area contributed by atoms with Crippen molar-refractivity contribution in [1.82, 2.24) is 10.6 Å². The third-order valence-corrected chi connectivity index (χ3v) is 4.50. The summed E-state index contributed by atoms with van der Waals surface area (Å²) in [6.07, 6.45) is 4.66. The van der Waals surface area contributed by atoms with Crippen LogP contribution in [0.2, 0.25) is 0 Å². The fourth-order valence-corrected chi connectivity index (χ4v) is 3.08. The molecule has 1 unspecified atom stereocenters. The van der Waals surface area contributed by atoms with Gasteiger partial charge in [0.25, 0.3) is 0 Å². The number of rotatable bonds is 8. The van der Waals surface area contributed by atoms with Crippen LogP contribution in [0.15, 0.2) is 36.9 Å². The van der Waals surface area contributed by atoms with Crippen molar-refractivity contribution >= 4 is 5.91 Å². The molecule has 2 rings (SSSR count). The first kappa shape index (κ1) is 17.5. The molecular formula is C19H28N2O2. The Kier molecular flexibility index (Phi) is 7.14. The summed E-state index contributed by atoms with van der Waals surface area (Å²) >= 11 is 0. The van der Waals surface area contributed by atoms with Crippen molar-refractivity contribution in [3.63, 3.8) is 0 Å². The molecule has 0 aliphatic carbocycles. The first-order chi connectivity index (χ1) is 11.2. The normalized spacial score (nSPS) is 16.6. The average molecular weight is 316 g/mol. The van der Waals surface area contributed by atoms with Crippen LogP contribution in [0, 0.1) is 11.8 Å². The van der Waals surface area contributed by atoms with Crippen molar-refractivity contribution < 1.29 is 9.53 Å². The zero-order valence-corrected chi connectivity index (χ0v) is 14.0. The lowest BCUT2D eigenvalue weighted by Gasteiger charge is -2.27. The Morgan fingerprint density at radius 1 is 1.43 bits per heavy atom. The lowest BCUT2D eigenvalue weighted by Crippen LogP contribution is -2.33. The third kappa shape index (κ3) is 5.71. The highest BCUT2D eigenvalue weighted by Crippen LogP contribution is 2.24. The number of hydrogen-bond donors (Lipinski definition) is 2. The second kappa shape index (κ2) is 9.36. The Balaban J connectivity index is 1.80. The first-order valence-corrected chi connectivity index (χ1v) is 8.49. The van der Waals surface area contributed by atoms with E-state index in [0.717, 1.165) is 24.4 Å². The van der Waals surface area contributed by atoms with E-state index < -0.39 is 0 Å². The molecule has 23 heavy (non-hydrogen) atoms. The summed E-state index contributed by atoms with van der Waals surface area (Å²) in [4.78, 5) is 12.2. The number of hydrogen-bond acceptors (Lipinski definition) is 3. The van der Waals surface area contributed by atoms with Gasteiger partial charge in [-0.05, 0) is 43.8 Å². The van der Waals surface area contributed by atoms with Crippen LogP contribution in [0.4, 0.5) is 0 Å². The van der Waals surface area contributed by atoms with Crippen molar-refractivity contribution in [1.29, 1.82) is 0 Å². The Morgan fingerprint density at radius 2 is 2.17 bits per heavy atom. The molecule has 1 heterocycles. The monoisotopic (exact) mass is 316 g/mol. The third-order valence-electron chi connectivity index (χ3n) is 4.50. The number of benzene rings is 1. The summed E-state index contributed by atoms with van der Waals surface area (Å²) in [5, 5.41) is 6.40. The molecule has 1 amide bonds. The van der Waals surface area contributed by atoms with Gasteiger partial charge in [-0.3, -0.25) is 4.79 Å². The smallest absolute Gasteiger partial charge is 0.220 e. The van der Waals surface area contributed by atoms with Crippen molar-refractivity contribution in [3.8, 4) is 5.75 Å². The van der Waals surface area contributed by atoms with E-state index in [1.54, 1.807) is 6.08 Å². The van der Waals surface area contributed by atoms with Gasteiger partial charge >= 0.3 is 0 Å². The molecule has 1 aromatic carbocycles. The van der Waals surface area contributed by atoms with Crippen LogP contribution in [-0.2, 0) is 11.3 Å². The molecule has 1 aromatic rings. The van der Waals surface area contributed by atoms with Crippen LogP contribution < -0.4 is 15.4 Å². The van der Waals surface area contributed by atoms with E-state index in [2.05, 4.69) is 24.1 Å². The predicted molar refractivity (Wildman–Crippen MR) is 93.4 cm³/mol. The average Bonchev–Trinajstić information content (AvgIpc) is 2.59. The lowest BCUT2D eigenvalue weighted by molar-refractivity contribution is -0.122. The number of nitrogens with one attached hydrogen (secondary N) is 2. The van der Waals surface area contributed by atoms with E-state index in [4.69, 9.17) is 4.74 Å². The molecule has 1 fully saturated rings. The fraction of sp³-hybridized carbons (Fsp3) is 0.526. The van der Waals surface area contributed by atoms with Crippen LogP contribution in [0.1, 0.15) is 31.7 Å². The van der Waals surface area contributed by atoms with Gasteiger partial charge in [0.1, 0.15) is 12.4 Å². The van der Waals surface area contributed by atoms with E-state index >= 15 is 0 Å². The summed E-state index contributed by atoms with van der Waals surface area (Å²) in [7, 11) is 0. The maximum atomic E-state index is 12.2. The van der Waals surface area contributed by atoms with E-state index in [-0.39, 0.29) is 5.91 Å². The standard InChI is InChI=1S/C19H28N2O2/c1-3-12-23-18-7-5-4-6-17(18)14-21-19(22)13-15(2)16-8-10-20-11-9-16/h3-7,15-16,20H,1,8-14H2,2H3,(H,21,22). The van der Waals surface area contributed by atoms with Crippen LogP contribution in [0.5, 0.6) is 5.75 Å². The Labute approximate surface area is 139 Å². The Hall–Kier alpha value is -1.81. The molecule has 0 bridgehead atoms. The molecule has 126 valence electrons. The van der Waals surface area contributed by atoms with Crippen molar-refractivity contribution in [2.45, 2.75) is 32.7 Å². The second-order valence-electron chi connectivity index (χ2n) is 6.25. The minimum absolute atomic E-state index is 0.120. The van der Waals surface area contributed by atoms with E-state index in [1.165, 1.54) is 12.8 Å². The van der Waals surface area contributed by atoms with Gasteiger partial charge in [-0.15, -0.1) is 0 Å². The number of ether oxygens (including phenoxy) is 1. The van der Waals surface area contributed by atoms with Crippen LogP contribution in [0.25, 0.3) is 0 Å². The minimum Gasteiger partial charge on any atom is -0.489 e. The Bertz CT molecular complexity index is 510. The summed E-state index contributed by atoms with van der Waals surface area (Å²) in [6, 6.07) is 7.79.